The Morgan fingerprint density at radius 1 is 1.15 bits per heavy atom. The number of carbonyl (C=O) groups is 3. The van der Waals surface area contributed by atoms with Gasteiger partial charge in [0.25, 0.3) is 0 Å². The normalized spacial score (nSPS) is 29.4. The van der Waals surface area contributed by atoms with Crippen LogP contribution in [-0.2, 0) is 28.6 Å². The summed E-state index contributed by atoms with van der Waals surface area (Å²) in [7, 11) is 0. The van der Waals surface area contributed by atoms with Crippen LogP contribution in [-0.4, -0.2) is 42.4 Å². The van der Waals surface area contributed by atoms with Crippen molar-refractivity contribution in [1.29, 1.82) is 0 Å². The Kier molecular flexibility index (Phi) is 5.94. The van der Waals surface area contributed by atoms with Crippen molar-refractivity contribution < 1.29 is 28.6 Å². The molecule has 1 rings (SSSR count). The molecule has 1 amide bonds. The number of ether oxygens (including phenoxy) is 3. The van der Waals surface area contributed by atoms with Gasteiger partial charge in [0.05, 0.1) is 12.1 Å². The van der Waals surface area contributed by atoms with E-state index in [0.717, 1.165) is 0 Å². The lowest BCUT2D eigenvalue weighted by molar-refractivity contribution is -0.236. The Hall–Kier alpha value is -1.63. The molecule has 0 spiro atoms. The third-order valence-corrected chi connectivity index (χ3v) is 2.93. The van der Waals surface area contributed by atoms with Crippen LogP contribution in [0.1, 0.15) is 40.5 Å². The second-order valence-electron chi connectivity index (χ2n) is 4.75. The summed E-state index contributed by atoms with van der Waals surface area (Å²) in [5, 5.41) is 2.65. The van der Waals surface area contributed by atoms with Crippen molar-refractivity contribution in [1.82, 2.24) is 5.32 Å². The van der Waals surface area contributed by atoms with Crippen molar-refractivity contribution in [3.63, 3.8) is 0 Å². The molecular formula is C13H21NO6. The maximum absolute atomic E-state index is 11.2. The SMILES string of the molecule is CC[C@H]1OC(OC(C)=O)[C@H](NC(C)=O)C[C@H]1OC(C)=O. The lowest BCUT2D eigenvalue weighted by Crippen LogP contribution is -2.56. The van der Waals surface area contributed by atoms with Crippen LogP contribution < -0.4 is 5.32 Å². The first kappa shape index (κ1) is 16.4. The highest BCUT2D eigenvalue weighted by molar-refractivity contribution is 5.73. The van der Waals surface area contributed by atoms with E-state index in [2.05, 4.69) is 5.32 Å². The summed E-state index contributed by atoms with van der Waals surface area (Å²) in [6.07, 6.45) is -0.763. The van der Waals surface area contributed by atoms with E-state index in [4.69, 9.17) is 14.2 Å². The molecule has 1 heterocycles. The molecule has 0 aromatic heterocycles. The van der Waals surface area contributed by atoms with Crippen LogP contribution in [0.25, 0.3) is 0 Å². The number of amides is 1. The van der Waals surface area contributed by atoms with E-state index in [1.165, 1.54) is 20.8 Å². The van der Waals surface area contributed by atoms with E-state index in [1.807, 2.05) is 6.92 Å². The van der Waals surface area contributed by atoms with Crippen molar-refractivity contribution in [3.05, 3.63) is 0 Å². The minimum Gasteiger partial charge on any atom is -0.460 e. The second kappa shape index (κ2) is 7.23. The highest BCUT2D eigenvalue weighted by Gasteiger charge is 2.41. The largest absolute Gasteiger partial charge is 0.460 e. The molecule has 7 heteroatoms. The number of hydrogen-bond acceptors (Lipinski definition) is 6. The van der Waals surface area contributed by atoms with Crippen molar-refractivity contribution in [3.8, 4) is 0 Å². The first-order chi connectivity index (χ1) is 9.33. The van der Waals surface area contributed by atoms with Crippen LogP contribution >= 0.6 is 0 Å². The zero-order chi connectivity index (χ0) is 15.3. The van der Waals surface area contributed by atoms with Gasteiger partial charge in [0.15, 0.2) is 0 Å². The quantitative estimate of drug-likeness (QED) is 0.758. The molecule has 20 heavy (non-hydrogen) atoms. The van der Waals surface area contributed by atoms with Crippen LogP contribution in [0.4, 0.5) is 0 Å². The van der Waals surface area contributed by atoms with Crippen molar-refractivity contribution >= 4 is 17.8 Å². The third kappa shape index (κ3) is 4.80. The van der Waals surface area contributed by atoms with Gasteiger partial charge in [-0.15, -0.1) is 0 Å². The summed E-state index contributed by atoms with van der Waals surface area (Å²) in [4.78, 5) is 33.4. The fourth-order valence-electron chi connectivity index (χ4n) is 2.23. The summed E-state index contributed by atoms with van der Waals surface area (Å²) < 4.78 is 15.9. The van der Waals surface area contributed by atoms with E-state index < -0.39 is 30.4 Å². The minimum atomic E-state index is -0.867. The van der Waals surface area contributed by atoms with Gasteiger partial charge in [-0.1, -0.05) is 6.92 Å². The predicted octanol–water partition coefficient (Wildman–Crippen LogP) is 0.511. The van der Waals surface area contributed by atoms with Crippen LogP contribution in [0.2, 0.25) is 0 Å². The molecule has 0 aromatic carbocycles. The molecular weight excluding hydrogens is 266 g/mol. The molecule has 114 valence electrons. The summed E-state index contributed by atoms with van der Waals surface area (Å²) in [5.74, 6) is -1.18. The Morgan fingerprint density at radius 3 is 2.20 bits per heavy atom. The van der Waals surface area contributed by atoms with E-state index in [1.54, 1.807) is 0 Å². The summed E-state index contributed by atoms with van der Waals surface area (Å²) in [6, 6.07) is -0.538. The lowest BCUT2D eigenvalue weighted by atomic mass is 9.98. The fourth-order valence-corrected chi connectivity index (χ4v) is 2.23. The number of rotatable bonds is 4. The molecule has 1 saturated heterocycles. The maximum atomic E-state index is 11.2. The first-order valence-electron chi connectivity index (χ1n) is 6.60. The maximum Gasteiger partial charge on any atom is 0.305 e. The summed E-state index contributed by atoms with van der Waals surface area (Å²) in [6.45, 7) is 5.83. The zero-order valence-electron chi connectivity index (χ0n) is 12.2. The van der Waals surface area contributed by atoms with E-state index >= 15 is 0 Å². The number of carbonyl (C=O) groups excluding carboxylic acids is 3. The number of hydrogen-bond donors (Lipinski definition) is 1. The smallest absolute Gasteiger partial charge is 0.305 e. The monoisotopic (exact) mass is 287 g/mol. The Bertz CT molecular complexity index is 383. The van der Waals surface area contributed by atoms with Gasteiger partial charge < -0.3 is 19.5 Å². The molecule has 4 atom stereocenters. The Morgan fingerprint density at radius 2 is 1.75 bits per heavy atom. The average molecular weight is 287 g/mol. The van der Waals surface area contributed by atoms with E-state index in [9.17, 15) is 14.4 Å². The molecule has 1 aliphatic rings. The van der Waals surface area contributed by atoms with Crippen LogP contribution in [0, 0.1) is 0 Å². The van der Waals surface area contributed by atoms with Gasteiger partial charge in [-0.05, 0) is 6.42 Å². The molecule has 0 aromatic rings. The average Bonchev–Trinajstić information content (AvgIpc) is 2.30. The standard InChI is InChI=1S/C13H21NO6/c1-5-11-12(18-8(3)16)6-10(14-7(2)15)13(20-11)19-9(4)17/h10-13H,5-6H2,1-4H3,(H,14,15)/t10-,11-,12-,13?/m1/s1. The van der Waals surface area contributed by atoms with Gasteiger partial charge in [-0.3, -0.25) is 14.4 Å². The third-order valence-electron chi connectivity index (χ3n) is 2.93. The topological polar surface area (TPSA) is 90.9 Å². The Labute approximate surface area is 117 Å². The number of esters is 2. The van der Waals surface area contributed by atoms with Gasteiger partial charge in [-0.25, -0.2) is 0 Å². The van der Waals surface area contributed by atoms with Crippen molar-refractivity contribution in [2.75, 3.05) is 0 Å². The van der Waals surface area contributed by atoms with Crippen molar-refractivity contribution in [2.24, 2.45) is 0 Å². The molecule has 0 radical (unpaired) electrons. The van der Waals surface area contributed by atoms with Gasteiger partial charge in [0.1, 0.15) is 6.10 Å². The van der Waals surface area contributed by atoms with Gasteiger partial charge >= 0.3 is 11.9 Å². The lowest BCUT2D eigenvalue weighted by Gasteiger charge is -2.39. The summed E-state index contributed by atoms with van der Waals surface area (Å²) in [5.41, 5.74) is 0. The second-order valence-corrected chi connectivity index (χ2v) is 4.75. The predicted molar refractivity (Wildman–Crippen MR) is 68.5 cm³/mol. The van der Waals surface area contributed by atoms with Crippen LogP contribution in [0.15, 0.2) is 0 Å². The van der Waals surface area contributed by atoms with Gasteiger partial charge in [-0.2, -0.15) is 0 Å². The van der Waals surface area contributed by atoms with Crippen LogP contribution in [0.3, 0.4) is 0 Å². The van der Waals surface area contributed by atoms with E-state index in [0.29, 0.717) is 12.8 Å². The van der Waals surface area contributed by atoms with E-state index in [-0.39, 0.29) is 12.0 Å². The number of nitrogens with one attached hydrogen (secondary N) is 1. The first-order valence-corrected chi connectivity index (χ1v) is 6.60. The molecule has 1 aliphatic heterocycles. The molecule has 0 aliphatic carbocycles. The minimum absolute atomic E-state index is 0.271. The molecule has 7 nitrogen and oxygen atoms in total. The molecule has 1 fully saturated rings. The van der Waals surface area contributed by atoms with Gasteiger partial charge in [0, 0.05) is 27.2 Å². The summed E-state index contributed by atoms with van der Waals surface area (Å²) >= 11 is 0. The fraction of sp³-hybridized carbons (Fsp3) is 0.769. The van der Waals surface area contributed by atoms with Gasteiger partial charge in [0.2, 0.25) is 12.2 Å². The highest BCUT2D eigenvalue weighted by atomic mass is 16.7. The van der Waals surface area contributed by atoms with Crippen LogP contribution in [0.5, 0.6) is 0 Å². The molecule has 0 saturated carbocycles. The Balaban J connectivity index is 2.82. The van der Waals surface area contributed by atoms with Crippen molar-refractivity contribution in [2.45, 2.75) is 65.1 Å². The zero-order valence-corrected chi connectivity index (χ0v) is 12.2. The molecule has 0 bridgehead atoms. The highest BCUT2D eigenvalue weighted by Crippen LogP contribution is 2.26. The molecule has 1 unspecified atom stereocenters. The molecule has 1 N–H and O–H groups in total.